The van der Waals surface area contributed by atoms with E-state index in [1.165, 1.54) is 6.07 Å². The van der Waals surface area contributed by atoms with Crippen LogP contribution < -0.4 is 5.43 Å². The van der Waals surface area contributed by atoms with E-state index in [1.807, 2.05) is 0 Å². The minimum Gasteiger partial charge on any atom is -0.462 e. The van der Waals surface area contributed by atoms with Crippen LogP contribution in [0.15, 0.2) is 65.7 Å². The molecule has 1 N–H and O–H groups in total. The number of pyridine rings is 2. The SMILES string of the molecule is CCOC(=O)c1ccc2[nH]ccc(=O)c2c1.CCOC(=O)c1ccc2nccc(Cl)c2c1.O=P(Cl)(Cl)Cl. The molecule has 2 aromatic heterocycles. The molecule has 0 amide bonds. The molecule has 0 bridgehead atoms. The number of H-pyrrole nitrogens is 1. The van der Waals surface area contributed by atoms with E-state index in [2.05, 4.69) is 43.7 Å². The van der Waals surface area contributed by atoms with Crippen LogP contribution in [0.5, 0.6) is 0 Å². The summed E-state index contributed by atoms with van der Waals surface area (Å²) < 4.78 is 19.3. The topological polar surface area (TPSA) is 115 Å². The van der Waals surface area contributed by atoms with Crippen molar-refractivity contribution in [2.75, 3.05) is 13.2 Å². The van der Waals surface area contributed by atoms with Gasteiger partial charge in [-0.1, -0.05) is 11.6 Å². The molecule has 4 rings (SSSR count). The number of nitrogens with zero attached hydrogens (tertiary/aromatic N) is 1. The lowest BCUT2D eigenvalue weighted by molar-refractivity contribution is 0.0517. The summed E-state index contributed by atoms with van der Waals surface area (Å²) in [5, 5.41) is -1.39. The van der Waals surface area contributed by atoms with Crippen molar-refractivity contribution in [2.45, 2.75) is 13.8 Å². The zero-order valence-electron chi connectivity index (χ0n) is 19.5. The summed E-state index contributed by atoms with van der Waals surface area (Å²) in [4.78, 5) is 41.6. The number of hydrogen-bond acceptors (Lipinski definition) is 7. The highest BCUT2D eigenvalue weighted by Crippen LogP contribution is 2.61. The van der Waals surface area contributed by atoms with Gasteiger partial charge in [-0.15, -0.1) is 0 Å². The van der Waals surface area contributed by atoms with Gasteiger partial charge < -0.3 is 14.5 Å². The number of hydrogen-bond donors (Lipinski definition) is 1. The van der Waals surface area contributed by atoms with Crippen molar-refractivity contribution in [3.05, 3.63) is 87.3 Å². The Morgan fingerprint density at radius 1 is 0.892 bits per heavy atom. The molecule has 0 spiro atoms. The van der Waals surface area contributed by atoms with Crippen molar-refractivity contribution in [3.63, 3.8) is 0 Å². The third kappa shape index (κ3) is 9.99. The number of esters is 2. The van der Waals surface area contributed by atoms with Crippen molar-refractivity contribution in [2.24, 2.45) is 0 Å². The Balaban J connectivity index is 0.000000221. The third-order valence-electron chi connectivity index (χ3n) is 4.47. The van der Waals surface area contributed by atoms with Gasteiger partial charge in [-0.25, -0.2) is 9.59 Å². The van der Waals surface area contributed by atoms with Crippen LogP contribution in [-0.4, -0.2) is 35.1 Å². The molecular formula is C24H21Cl4N2O6P. The number of aromatic nitrogens is 2. The first-order valence-electron chi connectivity index (χ1n) is 10.6. The summed E-state index contributed by atoms with van der Waals surface area (Å²) in [6.07, 6.45) is 3.21. The number of nitrogens with one attached hydrogen (secondary N) is 1. The summed E-state index contributed by atoms with van der Waals surface area (Å²) in [6, 6.07) is 13.1. The normalized spacial score (nSPS) is 10.5. The van der Waals surface area contributed by atoms with E-state index in [0.717, 1.165) is 10.9 Å². The molecule has 0 unspecified atom stereocenters. The highest BCUT2D eigenvalue weighted by Gasteiger charge is 2.09. The monoisotopic (exact) mass is 604 g/mol. The van der Waals surface area contributed by atoms with Gasteiger partial charge in [0.1, 0.15) is 0 Å². The van der Waals surface area contributed by atoms with Crippen LogP contribution in [0.4, 0.5) is 0 Å². The first-order chi connectivity index (χ1) is 17.4. The first kappa shape index (κ1) is 30.6. The summed E-state index contributed by atoms with van der Waals surface area (Å²) in [7, 11) is 0. The summed E-state index contributed by atoms with van der Waals surface area (Å²) in [5.74, 6) is -0.753. The van der Waals surface area contributed by atoms with E-state index in [0.29, 0.717) is 40.3 Å². The molecule has 0 atom stereocenters. The van der Waals surface area contributed by atoms with Gasteiger partial charge in [0, 0.05) is 34.7 Å². The minimum atomic E-state index is -3.22. The van der Waals surface area contributed by atoms with Crippen LogP contribution in [0, 0.1) is 0 Å². The Morgan fingerprint density at radius 2 is 1.43 bits per heavy atom. The Hall–Kier alpha value is -2.61. The number of rotatable bonds is 4. The second-order valence-electron chi connectivity index (χ2n) is 6.97. The molecule has 37 heavy (non-hydrogen) atoms. The summed E-state index contributed by atoms with van der Waals surface area (Å²) in [5.41, 5.74) is 2.25. The average molecular weight is 606 g/mol. The van der Waals surface area contributed by atoms with Crippen LogP contribution in [0.1, 0.15) is 34.6 Å². The van der Waals surface area contributed by atoms with Crippen molar-refractivity contribution >= 4 is 84.3 Å². The maximum Gasteiger partial charge on any atom is 0.339 e. The molecule has 13 heteroatoms. The summed E-state index contributed by atoms with van der Waals surface area (Å²) >= 11 is 19.9. The van der Waals surface area contributed by atoms with E-state index >= 15 is 0 Å². The van der Waals surface area contributed by atoms with Crippen LogP contribution >= 0.6 is 50.5 Å². The Kier molecular flexibility index (Phi) is 11.9. The maximum atomic E-state index is 11.5. The van der Waals surface area contributed by atoms with Gasteiger partial charge in [0.2, 0.25) is 0 Å². The van der Waals surface area contributed by atoms with E-state index in [1.54, 1.807) is 68.7 Å². The number of carbonyl (C=O) groups excluding carboxylic acids is 2. The van der Waals surface area contributed by atoms with E-state index in [-0.39, 0.29) is 11.4 Å². The van der Waals surface area contributed by atoms with Crippen molar-refractivity contribution in [1.82, 2.24) is 9.97 Å². The smallest absolute Gasteiger partial charge is 0.339 e. The van der Waals surface area contributed by atoms with Gasteiger partial charge >= 0.3 is 17.1 Å². The molecule has 0 saturated carbocycles. The molecule has 0 fully saturated rings. The third-order valence-corrected chi connectivity index (χ3v) is 4.80. The summed E-state index contributed by atoms with van der Waals surface area (Å²) in [6.45, 7) is 4.19. The fraction of sp³-hybridized carbons (Fsp3) is 0.167. The van der Waals surface area contributed by atoms with Gasteiger partial charge in [0.15, 0.2) is 5.43 Å². The zero-order chi connectivity index (χ0) is 27.6. The van der Waals surface area contributed by atoms with Crippen molar-refractivity contribution in [3.8, 4) is 0 Å². The van der Waals surface area contributed by atoms with Gasteiger partial charge in [0.25, 0.3) is 0 Å². The first-order valence-corrected chi connectivity index (χ1v) is 15.4. The van der Waals surface area contributed by atoms with Crippen LogP contribution in [0.2, 0.25) is 5.02 Å². The molecule has 2 heterocycles. The molecule has 2 aromatic carbocycles. The average Bonchev–Trinajstić information content (AvgIpc) is 2.84. The van der Waals surface area contributed by atoms with E-state index in [4.69, 9.17) is 21.1 Å². The molecule has 0 radical (unpaired) electrons. The molecule has 4 aromatic rings. The quantitative estimate of drug-likeness (QED) is 0.188. The molecule has 0 saturated heterocycles. The molecule has 196 valence electrons. The zero-order valence-corrected chi connectivity index (χ0v) is 23.5. The Labute approximate surface area is 231 Å². The lowest BCUT2D eigenvalue weighted by atomic mass is 10.1. The van der Waals surface area contributed by atoms with E-state index in [9.17, 15) is 18.9 Å². The number of aromatic amines is 1. The standard InChI is InChI=1S/C12H10ClNO2.C12H11NO3.Cl3OP/c1-2-16-12(15)8-3-4-11-9(7-8)10(13)5-6-14-11;1-2-16-12(15)8-3-4-10-9(7-8)11(14)5-6-13-10;1-5(2,3)4/h3-7H,2H2,1H3;3-7H,2H2,1H3,(H,13,14);. The van der Waals surface area contributed by atoms with Crippen molar-refractivity contribution in [1.29, 1.82) is 0 Å². The van der Waals surface area contributed by atoms with Crippen molar-refractivity contribution < 1.29 is 23.6 Å². The minimum absolute atomic E-state index is 0.111. The largest absolute Gasteiger partial charge is 0.462 e. The van der Waals surface area contributed by atoms with E-state index < -0.39 is 11.2 Å². The van der Waals surface area contributed by atoms with Gasteiger partial charge in [0.05, 0.1) is 34.9 Å². The molecule has 0 aliphatic heterocycles. The highest BCUT2D eigenvalue weighted by molar-refractivity contribution is 8.24. The number of carbonyl (C=O) groups is 2. The number of benzene rings is 2. The molecule has 0 aliphatic rings. The number of ether oxygens (including phenoxy) is 2. The second kappa shape index (κ2) is 14.4. The maximum absolute atomic E-state index is 11.5. The predicted molar refractivity (Wildman–Crippen MR) is 148 cm³/mol. The lowest BCUT2D eigenvalue weighted by Gasteiger charge is -2.04. The molecular weight excluding hydrogens is 585 g/mol. The fourth-order valence-electron chi connectivity index (χ4n) is 2.97. The van der Waals surface area contributed by atoms with Gasteiger partial charge in [-0.2, -0.15) is 0 Å². The second-order valence-corrected chi connectivity index (χ2v) is 14.0. The van der Waals surface area contributed by atoms with Crippen LogP contribution in [0.3, 0.4) is 0 Å². The predicted octanol–water partition coefficient (Wildman–Crippen LogP) is 7.58. The number of fused-ring (bicyclic) bond motifs is 2. The number of halogens is 4. The van der Waals surface area contributed by atoms with Gasteiger partial charge in [-0.05, 0) is 90.0 Å². The fourth-order valence-corrected chi connectivity index (χ4v) is 3.17. The lowest BCUT2D eigenvalue weighted by Crippen LogP contribution is -2.07. The Morgan fingerprint density at radius 3 is 2.00 bits per heavy atom. The molecule has 0 aliphatic carbocycles. The highest BCUT2D eigenvalue weighted by atomic mass is 36.0. The Bertz CT molecular complexity index is 1500. The molecule has 8 nitrogen and oxygen atoms in total. The van der Waals surface area contributed by atoms with Gasteiger partial charge in [-0.3, -0.25) is 14.3 Å². The van der Waals surface area contributed by atoms with Crippen LogP contribution in [-0.2, 0) is 14.0 Å². The van der Waals surface area contributed by atoms with Crippen LogP contribution in [0.25, 0.3) is 21.8 Å².